The van der Waals surface area contributed by atoms with Crippen LogP contribution in [0.1, 0.15) is 50.4 Å². The predicted octanol–water partition coefficient (Wildman–Crippen LogP) is 4.99. The molecule has 0 spiro atoms. The molecule has 28 heavy (non-hydrogen) atoms. The predicted molar refractivity (Wildman–Crippen MR) is 117 cm³/mol. The van der Waals surface area contributed by atoms with Crippen molar-refractivity contribution in [1.82, 2.24) is 10.2 Å². The third-order valence-corrected chi connectivity index (χ3v) is 4.91. The Morgan fingerprint density at radius 3 is 2.39 bits per heavy atom. The van der Waals surface area contributed by atoms with Gasteiger partial charge in [0, 0.05) is 12.1 Å². The number of hydrogen-bond acceptors (Lipinski definition) is 3. The standard InChI is InChI=1S/C24H34N2O2/c1-4-7-18-28-23-14-12-20(13-15-23)21-10-8-11-22(19-21)24(27)25-16-9-17-26(5-2)6-3/h8,10-15,19H,4-7,9,16-18H2,1-3H3,(H,25,27). The first-order valence-electron chi connectivity index (χ1n) is 10.5. The Morgan fingerprint density at radius 1 is 0.964 bits per heavy atom. The van der Waals surface area contributed by atoms with Crippen LogP contribution in [0.15, 0.2) is 48.5 Å². The summed E-state index contributed by atoms with van der Waals surface area (Å²) in [6.07, 6.45) is 3.16. The van der Waals surface area contributed by atoms with E-state index in [1.165, 1.54) is 0 Å². The van der Waals surface area contributed by atoms with Crippen molar-refractivity contribution in [2.45, 2.75) is 40.0 Å². The Labute approximate surface area is 169 Å². The first kappa shape index (κ1) is 22.0. The number of nitrogens with zero attached hydrogens (tertiary/aromatic N) is 1. The third-order valence-electron chi connectivity index (χ3n) is 4.91. The highest BCUT2D eigenvalue weighted by Crippen LogP contribution is 2.23. The third kappa shape index (κ3) is 7.01. The Hall–Kier alpha value is -2.33. The summed E-state index contributed by atoms with van der Waals surface area (Å²) >= 11 is 0. The molecule has 0 heterocycles. The summed E-state index contributed by atoms with van der Waals surface area (Å²) in [6, 6.07) is 15.9. The van der Waals surface area contributed by atoms with Crippen LogP contribution in [0.5, 0.6) is 5.75 Å². The van der Waals surface area contributed by atoms with Crippen molar-refractivity contribution in [2.24, 2.45) is 0 Å². The Bertz CT molecular complexity index is 709. The molecule has 2 rings (SSSR count). The minimum atomic E-state index is -0.0130. The van der Waals surface area contributed by atoms with Gasteiger partial charge in [-0.15, -0.1) is 0 Å². The SMILES string of the molecule is CCCCOc1ccc(-c2cccc(C(=O)NCCCN(CC)CC)c2)cc1. The first-order chi connectivity index (χ1) is 13.7. The molecule has 0 aliphatic carbocycles. The van der Waals surface area contributed by atoms with Gasteiger partial charge in [-0.3, -0.25) is 4.79 Å². The van der Waals surface area contributed by atoms with Crippen LogP contribution in [0.3, 0.4) is 0 Å². The molecule has 2 aromatic carbocycles. The quantitative estimate of drug-likeness (QED) is 0.526. The number of carbonyl (C=O) groups is 1. The molecule has 4 heteroatoms. The molecule has 0 saturated heterocycles. The maximum absolute atomic E-state index is 12.5. The summed E-state index contributed by atoms with van der Waals surface area (Å²) in [6.45, 7) is 11.0. The van der Waals surface area contributed by atoms with Crippen molar-refractivity contribution < 1.29 is 9.53 Å². The molecule has 0 saturated carbocycles. The van der Waals surface area contributed by atoms with Gasteiger partial charge in [-0.25, -0.2) is 0 Å². The second-order valence-electron chi connectivity index (χ2n) is 6.94. The van der Waals surface area contributed by atoms with Crippen molar-refractivity contribution in [3.63, 3.8) is 0 Å². The largest absolute Gasteiger partial charge is 0.494 e. The average Bonchev–Trinajstić information content (AvgIpc) is 2.74. The van der Waals surface area contributed by atoms with E-state index in [9.17, 15) is 4.79 Å². The van der Waals surface area contributed by atoms with E-state index in [1.807, 2.05) is 48.5 Å². The highest BCUT2D eigenvalue weighted by atomic mass is 16.5. The number of rotatable bonds is 12. The van der Waals surface area contributed by atoms with E-state index in [2.05, 4.69) is 31.0 Å². The van der Waals surface area contributed by atoms with E-state index < -0.39 is 0 Å². The molecule has 0 atom stereocenters. The van der Waals surface area contributed by atoms with E-state index in [0.29, 0.717) is 12.1 Å². The number of benzene rings is 2. The fraction of sp³-hybridized carbons (Fsp3) is 0.458. The van der Waals surface area contributed by atoms with Gasteiger partial charge in [0.05, 0.1) is 6.61 Å². The molecule has 4 nitrogen and oxygen atoms in total. The number of carbonyl (C=O) groups excluding carboxylic acids is 1. The summed E-state index contributed by atoms with van der Waals surface area (Å²) in [5.41, 5.74) is 2.82. The molecule has 1 N–H and O–H groups in total. The zero-order chi connectivity index (χ0) is 20.2. The lowest BCUT2D eigenvalue weighted by molar-refractivity contribution is 0.0952. The van der Waals surface area contributed by atoms with Gasteiger partial charge < -0.3 is 15.0 Å². The molecule has 0 unspecified atom stereocenters. The second kappa shape index (κ2) is 12.2. The maximum Gasteiger partial charge on any atom is 0.251 e. The van der Waals surface area contributed by atoms with Crippen LogP contribution in [-0.4, -0.2) is 43.6 Å². The van der Waals surface area contributed by atoms with E-state index in [1.54, 1.807) is 0 Å². The fourth-order valence-corrected chi connectivity index (χ4v) is 3.06. The van der Waals surface area contributed by atoms with Crippen LogP contribution in [0, 0.1) is 0 Å². The van der Waals surface area contributed by atoms with Gasteiger partial charge in [-0.1, -0.05) is 51.5 Å². The highest BCUT2D eigenvalue weighted by Gasteiger charge is 2.07. The summed E-state index contributed by atoms with van der Waals surface area (Å²) in [7, 11) is 0. The number of nitrogens with one attached hydrogen (secondary N) is 1. The van der Waals surface area contributed by atoms with E-state index in [-0.39, 0.29) is 5.91 Å². The van der Waals surface area contributed by atoms with Gasteiger partial charge in [-0.2, -0.15) is 0 Å². The summed E-state index contributed by atoms with van der Waals surface area (Å²) in [5.74, 6) is 0.875. The maximum atomic E-state index is 12.5. The molecule has 152 valence electrons. The Kier molecular flexibility index (Phi) is 9.56. The van der Waals surface area contributed by atoms with Gasteiger partial charge in [0.1, 0.15) is 5.75 Å². The molecule has 0 aromatic heterocycles. The van der Waals surface area contributed by atoms with Gasteiger partial charge >= 0.3 is 0 Å². The second-order valence-corrected chi connectivity index (χ2v) is 6.94. The lowest BCUT2D eigenvalue weighted by Gasteiger charge is -2.17. The zero-order valence-electron chi connectivity index (χ0n) is 17.5. The highest BCUT2D eigenvalue weighted by molar-refractivity contribution is 5.95. The lowest BCUT2D eigenvalue weighted by Crippen LogP contribution is -2.29. The fourth-order valence-electron chi connectivity index (χ4n) is 3.06. The minimum Gasteiger partial charge on any atom is -0.494 e. The smallest absolute Gasteiger partial charge is 0.251 e. The molecule has 2 aromatic rings. The normalized spacial score (nSPS) is 10.9. The van der Waals surface area contributed by atoms with Crippen LogP contribution in [0.2, 0.25) is 0 Å². The van der Waals surface area contributed by atoms with Crippen LogP contribution < -0.4 is 10.1 Å². The van der Waals surface area contributed by atoms with Crippen LogP contribution in [0.4, 0.5) is 0 Å². The average molecular weight is 383 g/mol. The molecule has 0 fully saturated rings. The number of amides is 1. The van der Waals surface area contributed by atoms with Crippen molar-refractivity contribution in [3.8, 4) is 16.9 Å². The summed E-state index contributed by atoms with van der Waals surface area (Å²) < 4.78 is 5.72. The number of hydrogen-bond donors (Lipinski definition) is 1. The Balaban J connectivity index is 1.91. The Morgan fingerprint density at radius 2 is 1.71 bits per heavy atom. The molecular formula is C24H34N2O2. The van der Waals surface area contributed by atoms with Crippen molar-refractivity contribution in [2.75, 3.05) is 32.8 Å². The zero-order valence-corrected chi connectivity index (χ0v) is 17.5. The molecule has 0 aliphatic heterocycles. The summed E-state index contributed by atoms with van der Waals surface area (Å²) in [4.78, 5) is 14.8. The van der Waals surface area contributed by atoms with Crippen LogP contribution in [-0.2, 0) is 0 Å². The van der Waals surface area contributed by atoms with E-state index in [4.69, 9.17) is 4.74 Å². The van der Waals surface area contributed by atoms with Crippen LogP contribution >= 0.6 is 0 Å². The van der Waals surface area contributed by atoms with Crippen LogP contribution in [0.25, 0.3) is 11.1 Å². The molecule has 0 bridgehead atoms. The van der Waals surface area contributed by atoms with Gasteiger partial charge in [0.15, 0.2) is 0 Å². The van der Waals surface area contributed by atoms with Crippen molar-refractivity contribution >= 4 is 5.91 Å². The van der Waals surface area contributed by atoms with E-state index >= 15 is 0 Å². The molecule has 1 amide bonds. The summed E-state index contributed by atoms with van der Waals surface area (Å²) in [5, 5.41) is 3.03. The molecule has 0 radical (unpaired) electrons. The van der Waals surface area contributed by atoms with Gasteiger partial charge in [0.25, 0.3) is 5.91 Å². The van der Waals surface area contributed by atoms with Crippen molar-refractivity contribution in [1.29, 1.82) is 0 Å². The van der Waals surface area contributed by atoms with Gasteiger partial charge in [0.2, 0.25) is 0 Å². The van der Waals surface area contributed by atoms with Gasteiger partial charge in [-0.05, 0) is 67.9 Å². The lowest BCUT2D eigenvalue weighted by atomic mass is 10.0. The number of unbranched alkanes of at least 4 members (excludes halogenated alkanes) is 1. The number of ether oxygens (including phenoxy) is 1. The molecule has 0 aliphatic rings. The van der Waals surface area contributed by atoms with Crippen molar-refractivity contribution in [3.05, 3.63) is 54.1 Å². The molecular weight excluding hydrogens is 348 g/mol. The van der Waals surface area contributed by atoms with E-state index in [0.717, 1.165) is 62.4 Å². The topological polar surface area (TPSA) is 41.6 Å². The minimum absolute atomic E-state index is 0.0130. The monoisotopic (exact) mass is 382 g/mol. The first-order valence-corrected chi connectivity index (χ1v) is 10.5.